The lowest BCUT2D eigenvalue weighted by Crippen LogP contribution is -2.24. The van der Waals surface area contributed by atoms with E-state index < -0.39 is 10.0 Å². The van der Waals surface area contributed by atoms with Crippen molar-refractivity contribution in [2.75, 3.05) is 4.31 Å². The first-order valence-corrected chi connectivity index (χ1v) is 8.73. The average Bonchev–Trinajstić information content (AvgIpc) is 2.87. The molecule has 0 unspecified atom stereocenters. The Morgan fingerprint density at radius 3 is 2.67 bits per heavy atom. The first-order chi connectivity index (χ1) is 11.6. The SMILES string of the molecule is O=S1(=O)c2ccc(Oc3cccnc3)cc2CN1c1ccccn1. The van der Waals surface area contributed by atoms with Crippen LogP contribution in [0.5, 0.6) is 11.5 Å². The van der Waals surface area contributed by atoms with Gasteiger partial charge >= 0.3 is 0 Å². The molecule has 1 aromatic carbocycles. The van der Waals surface area contributed by atoms with Gasteiger partial charge < -0.3 is 4.74 Å². The lowest BCUT2D eigenvalue weighted by Gasteiger charge is -2.15. The number of benzene rings is 1. The second-order valence-corrected chi connectivity index (χ2v) is 7.09. The highest BCUT2D eigenvalue weighted by atomic mass is 32.2. The summed E-state index contributed by atoms with van der Waals surface area (Å²) in [7, 11) is -3.59. The number of fused-ring (bicyclic) bond motifs is 1. The minimum Gasteiger partial charge on any atom is -0.456 e. The largest absolute Gasteiger partial charge is 0.456 e. The first kappa shape index (κ1) is 14.6. The Morgan fingerprint density at radius 2 is 1.92 bits per heavy atom. The summed E-state index contributed by atoms with van der Waals surface area (Å²) in [5.74, 6) is 1.57. The molecule has 24 heavy (non-hydrogen) atoms. The summed E-state index contributed by atoms with van der Waals surface area (Å²) in [6, 6.07) is 13.7. The van der Waals surface area contributed by atoms with Crippen molar-refractivity contribution in [3.05, 3.63) is 72.7 Å². The molecule has 0 spiro atoms. The van der Waals surface area contributed by atoms with E-state index in [4.69, 9.17) is 4.74 Å². The average molecular weight is 339 g/mol. The van der Waals surface area contributed by atoms with Gasteiger partial charge in [-0.25, -0.2) is 17.7 Å². The number of pyridine rings is 2. The fraction of sp³-hybridized carbons (Fsp3) is 0.0588. The van der Waals surface area contributed by atoms with Crippen LogP contribution in [0.4, 0.5) is 5.82 Å². The minimum absolute atomic E-state index is 0.235. The van der Waals surface area contributed by atoms with Crippen LogP contribution in [0.25, 0.3) is 0 Å². The van der Waals surface area contributed by atoms with Crippen LogP contribution in [0.1, 0.15) is 5.56 Å². The molecule has 3 aromatic rings. The molecule has 0 bridgehead atoms. The molecule has 1 aliphatic rings. The fourth-order valence-electron chi connectivity index (χ4n) is 2.60. The van der Waals surface area contributed by atoms with E-state index in [9.17, 15) is 8.42 Å². The number of aromatic nitrogens is 2. The molecule has 2 aromatic heterocycles. The molecule has 6 nitrogen and oxygen atoms in total. The van der Waals surface area contributed by atoms with Crippen LogP contribution in [-0.2, 0) is 16.6 Å². The second-order valence-electron chi connectivity index (χ2n) is 5.26. The van der Waals surface area contributed by atoms with Crippen molar-refractivity contribution < 1.29 is 13.2 Å². The van der Waals surface area contributed by atoms with Crippen LogP contribution in [-0.4, -0.2) is 18.4 Å². The summed E-state index contributed by atoms with van der Waals surface area (Å²) in [4.78, 5) is 8.41. The van der Waals surface area contributed by atoms with Crippen molar-refractivity contribution in [2.45, 2.75) is 11.4 Å². The van der Waals surface area contributed by atoms with Gasteiger partial charge in [0.1, 0.15) is 17.3 Å². The Hall–Kier alpha value is -2.93. The van der Waals surface area contributed by atoms with Gasteiger partial charge in [0.15, 0.2) is 0 Å². The predicted octanol–water partition coefficient (Wildman–Crippen LogP) is 2.98. The van der Waals surface area contributed by atoms with Crippen LogP contribution >= 0.6 is 0 Å². The molecule has 1 aliphatic heterocycles. The van der Waals surface area contributed by atoms with Gasteiger partial charge in [-0.3, -0.25) is 4.98 Å². The monoisotopic (exact) mass is 339 g/mol. The van der Waals surface area contributed by atoms with Crippen LogP contribution in [0.2, 0.25) is 0 Å². The lowest BCUT2D eigenvalue weighted by atomic mass is 10.2. The number of rotatable bonds is 3. The van der Waals surface area contributed by atoms with E-state index in [1.165, 1.54) is 4.31 Å². The van der Waals surface area contributed by atoms with Crippen LogP contribution in [0, 0.1) is 0 Å². The van der Waals surface area contributed by atoms with Crippen molar-refractivity contribution in [3.8, 4) is 11.5 Å². The van der Waals surface area contributed by atoms with Crippen LogP contribution in [0.15, 0.2) is 72.0 Å². The van der Waals surface area contributed by atoms with E-state index in [0.29, 0.717) is 22.9 Å². The molecule has 7 heteroatoms. The number of anilines is 1. The normalized spacial score (nSPS) is 15.1. The minimum atomic E-state index is -3.59. The van der Waals surface area contributed by atoms with Crippen LogP contribution in [0.3, 0.4) is 0 Å². The molecule has 0 amide bonds. The number of hydrogen-bond donors (Lipinski definition) is 0. The van der Waals surface area contributed by atoms with Crippen molar-refractivity contribution in [1.29, 1.82) is 0 Å². The Bertz CT molecular complexity index is 976. The van der Waals surface area contributed by atoms with Gasteiger partial charge in [0.05, 0.1) is 17.6 Å². The Kier molecular flexibility index (Phi) is 3.42. The summed E-state index contributed by atoms with van der Waals surface area (Å²) in [5, 5.41) is 0. The molecule has 0 aliphatic carbocycles. The number of sulfonamides is 1. The van der Waals surface area contributed by atoms with E-state index in [2.05, 4.69) is 9.97 Å². The highest BCUT2D eigenvalue weighted by molar-refractivity contribution is 7.93. The van der Waals surface area contributed by atoms with Gasteiger partial charge in [-0.2, -0.15) is 0 Å². The highest BCUT2D eigenvalue weighted by Crippen LogP contribution is 2.36. The molecule has 3 heterocycles. The highest BCUT2D eigenvalue weighted by Gasteiger charge is 2.35. The molecule has 0 N–H and O–H groups in total. The molecule has 0 radical (unpaired) electrons. The summed E-state index contributed by atoms with van der Waals surface area (Å²) in [6.45, 7) is 0.235. The maximum Gasteiger partial charge on any atom is 0.266 e. The van der Waals surface area contributed by atoms with Crippen LogP contribution < -0.4 is 9.04 Å². The summed E-state index contributed by atoms with van der Waals surface area (Å²) in [5.41, 5.74) is 0.682. The second kappa shape index (κ2) is 5.61. The van der Waals surface area contributed by atoms with Gasteiger partial charge in [0.2, 0.25) is 0 Å². The molecule has 0 fully saturated rings. The Morgan fingerprint density at radius 1 is 1.00 bits per heavy atom. The molecular weight excluding hydrogens is 326 g/mol. The molecule has 0 atom stereocenters. The number of nitrogens with zero attached hydrogens (tertiary/aromatic N) is 3. The third kappa shape index (κ3) is 2.48. The fourth-order valence-corrected chi connectivity index (χ4v) is 4.20. The van der Waals surface area contributed by atoms with Crippen molar-refractivity contribution in [2.24, 2.45) is 0 Å². The third-order valence-electron chi connectivity index (χ3n) is 3.69. The van der Waals surface area contributed by atoms with E-state index in [1.54, 1.807) is 67.1 Å². The number of hydrogen-bond acceptors (Lipinski definition) is 5. The number of ether oxygens (including phenoxy) is 1. The maximum absolute atomic E-state index is 12.7. The smallest absolute Gasteiger partial charge is 0.266 e. The third-order valence-corrected chi connectivity index (χ3v) is 5.54. The Labute approximate surface area is 139 Å². The van der Waals surface area contributed by atoms with E-state index in [-0.39, 0.29) is 11.4 Å². The maximum atomic E-state index is 12.7. The zero-order valence-electron chi connectivity index (χ0n) is 12.5. The molecule has 4 rings (SSSR count). The zero-order valence-corrected chi connectivity index (χ0v) is 13.3. The first-order valence-electron chi connectivity index (χ1n) is 7.29. The molecule has 0 saturated heterocycles. The van der Waals surface area contributed by atoms with Gasteiger partial charge in [-0.1, -0.05) is 6.07 Å². The van der Waals surface area contributed by atoms with Crippen molar-refractivity contribution in [3.63, 3.8) is 0 Å². The summed E-state index contributed by atoms with van der Waals surface area (Å²) in [6.07, 6.45) is 4.84. The topological polar surface area (TPSA) is 72.4 Å². The standard InChI is InChI=1S/C17H13N3O3S/c21-24(22)16-7-6-14(23-15-4-3-8-18-11-15)10-13(16)12-20(24)17-5-1-2-9-19-17/h1-11H,12H2. The van der Waals surface area contributed by atoms with E-state index in [1.807, 2.05) is 0 Å². The van der Waals surface area contributed by atoms with Crippen molar-refractivity contribution in [1.82, 2.24) is 9.97 Å². The van der Waals surface area contributed by atoms with E-state index >= 15 is 0 Å². The summed E-state index contributed by atoms with van der Waals surface area (Å²) >= 11 is 0. The van der Waals surface area contributed by atoms with Gasteiger partial charge in [-0.15, -0.1) is 0 Å². The van der Waals surface area contributed by atoms with Gasteiger partial charge in [-0.05, 0) is 48.0 Å². The zero-order chi connectivity index (χ0) is 16.6. The Balaban J connectivity index is 1.68. The van der Waals surface area contributed by atoms with Gasteiger partial charge in [0, 0.05) is 12.4 Å². The van der Waals surface area contributed by atoms with E-state index in [0.717, 1.165) is 0 Å². The lowest BCUT2D eigenvalue weighted by molar-refractivity contribution is 0.479. The molecule has 0 saturated carbocycles. The quantitative estimate of drug-likeness (QED) is 0.733. The van der Waals surface area contributed by atoms with Crippen molar-refractivity contribution >= 4 is 15.8 Å². The predicted molar refractivity (Wildman–Crippen MR) is 88.4 cm³/mol. The molecular formula is C17H13N3O3S. The molecule has 120 valence electrons. The van der Waals surface area contributed by atoms with Gasteiger partial charge in [0.25, 0.3) is 10.0 Å². The summed E-state index contributed by atoms with van der Waals surface area (Å²) < 4.78 is 32.4.